The van der Waals surface area contributed by atoms with Gasteiger partial charge < -0.3 is 8.92 Å². The maximum absolute atomic E-state index is 13.5. The summed E-state index contributed by atoms with van der Waals surface area (Å²) in [4.78, 5) is 0.0133. The van der Waals surface area contributed by atoms with Gasteiger partial charge in [0.05, 0.1) is 7.11 Å². The zero-order valence-electron chi connectivity index (χ0n) is 11.0. The number of aryl methyl sites for hydroxylation is 1. The summed E-state index contributed by atoms with van der Waals surface area (Å²) in [5.41, 5.74) is 0.930. The molecule has 0 heterocycles. The summed E-state index contributed by atoms with van der Waals surface area (Å²) in [7, 11) is -2.65. The molecule has 20 heavy (non-hydrogen) atoms. The fourth-order valence-corrected chi connectivity index (χ4v) is 2.50. The third-order valence-corrected chi connectivity index (χ3v) is 3.90. The van der Waals surface area contributed by atoms with Crippen LogP contribution in [-0.2, 0) is 10.1 Å². The molecule has 0 saturated carbocycles. The van der Waals surface area contributed by atoms with E-state index in [2.05, 4.69) is 0 Å². The van der Waals surface area contributed by atoms with Gasteiger partial charge in [-0.15, -0.1) is 0 Å². The van der Waals surface area contributed by atoms with E-state index in [4.69, 9.17) is 8.92 Å². The van der Waals surface area contributed by atoms with E-state index in [0.717, 1.165) is 11.6 Å². The number of rotatable bonds is 4. The minimum Gasteiger partial charge on any atom is -0.494 e. The minimum absolute atomic E-state index is 0.0133. The second kappa shape index (κ2) is 5.50. The van der Waals surface area contributed by atoms with Gasteiger partial charge in [-0.05, 0) is 31.2 Å². The van der Waals surface area contributed by atoms with Crippen LogP contribution < -0.4 is 8.92 Å². The molecule has 0 aliphatic carbocycles. The quantitative estimate of drug-likeness (QED) is 0.814. The predicted octanol–water partition coefficient (Wildman–Crippen LogP) is 2.91. The highest BCUT2D eigenvalue weighted by Gasteiger charge is 2.17. The van der Waals surface area contributed by atoms with E-state index in [0.29, 0.717) is 0 Å². The topological polar surface area (TPSA) is 52.6 Å². The van der Waals surface area contributed by atoms with Gasteiger partial charge in [0.2, 0.25) is 0 Å². The van der Waals surface area contributed by atoms with Gasteiger partial charge in [-0.2, -0.15) is 8.42 Å². The van der Waals surface area contributed by atoms with Crippen LogP contribution >= 0.6 is 0 Å². The summed E-state index contributed by atoms with van der Waals surface area (Å²) in [6.45, 7) is 1.84. The third-order valence-electron chi connectivity index (χ3n) is 2.64. The van der Waals surface area contributed by atoms with Gasteiger partial charge in [-0.1, -0.05) is 17.7 Å². The van der Waals surface area contributed by atoms with Crippen LogP contribution in [0.3, 0.4) is 0 Å². The lowest BCUT2D eigenvalue weighted by atomic mass is 10.2. The first-order valence-electron chi connectivity index (χ1n) is 5.77. The zero-order chi connectivity index (χ0) is 14.8. The first kappa shape index (κ1) is 14.3. The predicted molar refractivity (Wildman–Crippen MR) is 71.9 cm³/mol. The Morgan fingerprint density at radius 1 is 1.05 bits per heavy atom. The summed E-state index contributed by atoms with van der Waals surface area (Å²) < 4.78 is 47.1. The van der Waals surface area contributed by atoms with Crippen LogP contribution in [0.1, 0.15) is 5.56 Å². The van der Waals surface area contributed by atoms with Gasteiger partial charge in [-0.25, -0.2) is 4.39 Å². The average Bonchev–Trinajstić information content (AvgIpc) is 2.39. The van der Waals surface area contributed by atoms with Gasteiger partial charge in [0.25, 0.3) is 0 Å². The number of benzene rings is 2. The molecule has 0 saturated heterocycles. The molecule has 0 bridgehead atoms. The molecule has 0 aromatic heterocycles. The van der Waals surface area contributed by atoms with E-state index in [1.807, 2.05) is 6.92 Å². The number of hydrogen-bond donors (Lipinski definition) is 0. The van der Waals surface area contributed by atoms with Gasteiger partial charge in [0.1, 0.15) is 10.6 Å². The van der Waals surface area contributed by atoms with Crippen molar-refractivity contribution in [3.8, 4) is 11.5 Å². The summed E-state index contributed by atoms with van der Waals surface area (Å²) in [6.07, 6.45) is 0. The van der Waals surface area contributed by atoms with Crippen LogP contribution in [0.5, 0.6) is 11.5 Å². The Morgan fingerprint density at radius 2 is 1.70 bits per heavy atom. The van der Waals surface area contributed by atoms with Crippen molar-refractivity contribution >= 4 is 10.1 Å². The molecule has 2 aromatic rings. The number of methoxy groups -OCH3 is 1. The van der Waals surface area contributed by atoms with Crippen molar-refractivity contribution in [2.24, 2.45) is 0 Å². The Balaban J connectivity index is 2.28. The second-order valence-electron chi connectivity index (χ2n) is 4.15. The third kappa shape index (κ3) is 3.08. The lowest BCUT2D eigenvalue weighted by molar-refractivity contribution is 0.384. The van der Waals surface area contributed by atoms with E-state index in [1.54, 1.807) is 12.1 Å². The Bertz CT molecular complexity index is 708. The fraction of sp³-hybridized carbons (Fsp3) is 0.143. The molecule has 0 aliphatic heterocycles. The molecule has 0 unspecified atom stereocenters. The molecule has 2 aromatic carbocycles. The van der Waals surface area contributed by atoms with Gasteiger partial charge in [0, 0.05) is 6.07 Å². The molecule has 0 radical (unpaired) electrons. The van der Waals surface area contributed by atoms with Crippen LogP contribution in [0.2, 0.25) is 0 Å². The Labute approximate surface area is 116 Å². The Hall–Kier alpha value is -2.08. The molecule has 0 amide bonds. The largest absolute Gasteiger partial charge is 0.494 e. The molecule has 6 heteroatoms. The maximum atomic E-state index is 13.5. The van der Waals surface area contributed by atoms with Crippen LogP contribution in [0.25, 0.3) is 0 Å². The van der Waals surface area contributed by atoms with Crippen molar-refractivity contribution < 1.29 is 21.7 Å². The minimum atomic E-state index is -3.97. The number of halogens is 1. The summed E-state index contributed by atoms with van der Waals surface area (Å²) >= 11 is 0. The number of ether oxygens (including phenoxy) is 1. The van der Waals surface area contributed by atoms with E-state index >= 15 is 0 Å². The van der Waals surface area contributed by atoms with Crippen LogP contribution in [-0.4, -0.2) is 15.5 Å². The van der Waals surface area contributed by atoms with Crippen molar-refractivity contribution in [3.63, 3.8) is 0 Å². The standard InChI is InChI=1S/C14H13FO4S/c1-10-3-6-12(7-4-10)20(16,17)19-11-5-8-14(18-2)13(15)9-11/h3-9H,1-2H3. The van der Waals surface area contributed by atoms with E-state index in [-0.39, 0.29) is 16.4 Å². The van der Waals surface area contributed by atoms with Crippen molar-refractivity contribution in [2.75, 3.05) is 7.11 Å². The first-order chi connectivity index (χ1) is 9.42. The van der Waals surface area contributed by atoms with E-state index in [1.165, 1.54) is 31.4 Å². The molecule has 106 valence electrons. The normalized spacial score (nSPS) is 11.2. The van der Waals surface area contributed by atoms with Crippen LogP contribution in [0, 0.1) is 12.7 Å². The molecule has 4 nitrogen and oxygen atoms in total. The van der Waals surface area contributed by atoms with E-state index < -0.39 is 15.9 Å². The molecular formula is C14H13FO4S. The molecule has 0 aliphatic rings. The maximum Gasteiger partial charge on any atom is 0.339 e. The lowest BCUT2D eigenvalue weighted by Crippen LogP contribution is -2.09. The Kier molecular flexibility index (Phi) is 3.94. The van der Waals surface area contributed by atoms with Gasteiger partial charge >= 0.3 is 10.1 Å². The second-order valence-corrected chi connectivity index (χ2v) is 5.69. The van der Waals surface area contributed by atoms with Crippen LogP contribution in [0.4, 0.5) is 4.39 Å². The zero-order valence-corrected chi connectivity index (χ0v) is 11.8. The molecule has 0 atom stereocenters. The highest BCUT2D eigenvalue weighted by Crippen LogP contribution is 2.25. The molecule has 0 N–H and O–H groups in total. The van der Waals surface area contributed by atoms with E-state index in [9.17, 15) is 12.8 Å². The SMILES string of the molecule is COc1ccc(OS(=O)(=O)c2ccc(C)cc2)cc1F. The molecule has 0 fully saturated rings. The smallest absolute Gasteiger partial charge is 0.339 e. The van der Waals surface area contributed by atoms with Crippen LogP contribution in [0.15, 0.2) is 47.4 Å². The fourth-order valence-electron chi connectivity index (χ4n) is 1.58. The molecule has 2 rings (SSSR count). The lowest BCUT2D eigenvalue weighted by Gasteiger charge is -2.08. The van der Waals surface area contributed by atoms with Gasteiger partial charge in [0.15, 0.2) is 11.6 Å². The highest BCUT2D eigenvalue weighted by atomic mass is 32.2. The monoisotopic (exact) mass is 296 g/mol. The van der Waals surface area contributed by atoms with Crippen molar-refractivity contribution in [1.82, 2.24) is 0 Å². The van der Waals surface area contributed by atoms with Crippen molar-refractivity contribution in [2.45, 2.75) is 11.8 Å². The van der Waals surface area contributed by atoms with Crippen molar-refractivity contribution in [3.05, 3.63) is 53.8 Å². The van der Waals surface area contributed by atoms with Gasteiger partial charge in [-0.3, -0.25) is 0 Å². The molecular weight excluding hydrogens is 283 g/mol. The van der Waals surface area contributed by atoms with Crippen molar-refractivity contribution in [1.29, 1.82) is 0 Å². The summed E-state index contributed by atoms with van der Waals surface area (Å²) in [6, 6.07) is 9.78. The number of hydrogen-bond acceptors (Lipinski definition) is 4. The first-order valence-corrected chi connectivity index (χ1v) is 7.18. The molecule has 0 spiro atoms. The summed E-state index contributed by atoms with van der Waals surface area (Å²) in [5.74, 6) is -0.780. The highest BCUT2D eigenvalue weighted by molar-refractivity contribution is 7.87. The average molecular weight is 296 g/mol. The summed E-state index contributed by atoms with van der Waals surface area (Å²) in [5, 5.41) is 0. The Morgan fingerprint density at radius 3 is 2.25 bits per heavy atom.